The topological polar surface area (TPSA) is 91.6 Å². The van der Waals surface area contributed by atoms with E-state index in [1.165, 1.54) is 7.11 Å². The van der Waals surface area contributed by atoms with Crippen molar-refractivity contribution in [3.63, 3.8) is 0 Å². The molecule has 0 saturated carbocycles. The van der Waals surface area contributed by atoms with Crippen molar-refractivity contribution < 1.29 is 19.4 Å². The van der Waals surface area contributed by atoms with Crippen molar-refractivity contribution in [2.45, 2.75) is 6.04 Å². The van der Waals surface area contributed by atoms with Crippen molar-refractivity contribution in [2.75, 3.05) is 26.9 Å². The fraction of sp³-hybridized carbons (Fsp3) is 0.385. The third-order valence-electron chi connectivity index (χ3n) is 2.32. The molecule has 0 spiro atoms. The van der Waals surface area contributed by atoms with E-state index in [0.29, 0.717) is 11.3 Å². The summed E-state index contributed by atoms with van der Waals surface area (Å²) in [6, 6.07) is 8.16. The summed E-state index contributed by atoms with van der Waals surface area (Å²) < 4.78 is 10.1. The van der Waals surface area contributed by atoms with Crippen LogP contribution in [0.2, 0.25) is 0 Å². The van der Waals surface area contributed by atoms with Crippen molar-refractivity contribution in [3.8, 4) is 11.8 Å². The van der Waals surface area contributed by atoms with Crippen LogP contribution in [0.15, 0.2) is 24.3 Å². The predicted octanol–water partition coefficient (Wildman–Crippen LogP) is 0.0606. The van der Waals surface area contributed by atoms with E-state index < -0.39 is 6.04 Å². The SMILES string of the molecule is COCC(CO)NC(=O)COc1ccccc1C#N. The predicted molar refractivity (Wildman–Crippen MR) is 67.5 cm³/mol. The molecule has 1 rings (SSSR count). The number of nitriles is 1. The first-order valence-electron chi connectivity index (χ1n) is 5.72. The zero-order valence-corrected chi connectivity index (χ0v) is 10.6. The minimum absolute atomic E-state index is 0.214. The molecule has 2 N–H and O–H groups in total. The number of aliphatic hydroxyl groups excluding tert-OH is 1. The third-order valence-corrected chi connectivity index (χ3v) is 2.32. The van der Waals surface area contributed by atoms with Crippen LogP contribution in [-0.2, 0) is 9.53 Å². The average molecular weight is 264 g/mol. The number of amides is 1. The number of methoxy groups -OCH3 is 1. The van der Waals surface area contributed by atoms with Crippen LogP contribution < -0.4 is 10.1 Å². The van der Waals surface area contributed by atoms with Gasteiger partial charge in [0.25, 0.3) is 5.91 Å². The van der Waals surface area contributed by atoms with E-state index in [4.69, 9.17) is 19.8 Å². The average Bonchev–Trinajstić information content (AvgIpc) is 2.44. The Morgan fingerprint density at radius 2 is 2.26 bits per heavy atom. The quantitative estimate of drug-likeness (QED) is 0.726. The Morgan fingerprint density at radius 3 is 2.89 bits per heavy atom. The molecule has 102 valence electrons. The summed E-state index contributed by atoms with van der Waals surface area (Å²) in [4.78, 5) is 11.6. The van der Waals surface area contributed by atoms with E-state index in [1.807, 2.05) is 6.07 Å². The van der Waals surface area contributed by atoms with Gasteiger partial charge in [-0.25, -0.2) is 0 Å². The standard InChI is InChI=1S/C13H16N2O4/c1-18-8-11(7-16)15-13(17)9-19-12-5-3-2-4-10(12)6-14/h2-5,11,16H,7-9H2,1H3,(H,15,17). The molecule has 1 aromatic carbocycles. The molecular weight excluding hydrogens is 248 g/mol. The molecule has 19 heavy (non-hydrogen) atoms. The first-order chi connectivity index (χ1) is 9.21. The molecule has 0 aliphatic heterocycles. The zero-order valence-electron chi connectivity index (χ0n) is 10.6. The molecule has 0 fully saturated rings. The van der Waals surface area contributed by atoms with E-state index >= 15 is 0 Å². The van der Waals surface area contributed by atoms with Gasteiger partial charge in [0.05, 0.1) is 24.8 Å². The van der Waals surface area contributed by atoms with Crippen molar-refractivity contribution in [1.29, 1.82) is 5.26 Å². The lowest BCUT2D eigenvalue weighted by Crippen LogP contribution is -2.42. The second-order valence-electron chi connectivity index (χ2n) is 3.80. The van der Waals surface area contributed by atoms with Crippen LogP contribution in [0, 0.1) is 11.3 Å². The Balaban J connectivity index is 2.48. The maximum absolute atomic E-state index is 11.6. The van der Waals surface area contributed by atoms with Crippen molar-refractivity contribution in [2.24, 2.45) is 0 Å². The Kier molecular flexibility index (Phi) is 6.36. The molecule has 0 heterocycles. The van der Waals surface area contributed by atoms with Gasteiger partial charge in [-0.3, -0.25) is 4.79 Å². The van der Waals surface area contributed by atoms with Gasteiger partial charge in [0.2, 0.25) is 0 Å². The molecule has 1 atom stereocenters. The van der Waals surface area contributed by atoms with Gasteiger partial charge < -0.3 is 19.9 Å². The zero-order chi connectivity index (χ0) is 14.1. The Hall–Kier alpha value is -2.10. The van der Waals surface area contributed by atoms with Crippen LogP contribution in [0.1, 0.15) is 5.56 Å². The van der Waals surface area contributed by atoms with E-state index in [1.54, 1.807) is 24.3 Å². The number of ether oxygens (including phenoxy) is 2. The van der Waals surface area contributed by atoms with Gasteiger partial charge in [-0.15, -0.1) is 0 Å². The van der Waals surface area contributed by atoms with Crippen LogP contribution >= 0.6 is 0 Å². The normalized spacial score (nSPS) is 11.4. The van der Waals surface area contributed by atoms with E-state index in [2.05, 4.69) is 5.32 Å². The molecular formula is C13H16N2O4. The lowest BCUT2D eigenvalue weighted by atomic mass is 10.2. The van der Waals surface area contributed by atoms with Gasteiger partial charge in [-0.2, -0.15) is 5.26 Å². The molecule has 1 amide bonds. The van der Waals surface area contributed by atoms with Gasteiger partial charge in [0, 0.05) is 7.11 Å². The second kappa shape index (κ2) is 8.08. The number of nitrogens with one attached hydrogen (secondary N) is 1. The smallest absolute Gasteiger partial charge is 0.258 e. The van der Waals surface area contributed by atoms with E-state index in [0.717, 1.165) is 0 Å². The molecule has 0 bridgehead atoms. The molecule has 6 heteroatoms. The summed E-state index contributed by atoms with van der Waals surface area (Å²) in [5.74, 6) is -0.0312. The lowest BCUT2D eigenvalue weighted by Gasteiger charge is -2.15. The summed E-state index contributed by atoms with van der Waals surface area (Å²) in [7, 11) is 1.48. The van der Waals surface area contributed by atoms with Gasteiger partial charge in [0.15, 0.2) is 6.61 Å². The Morgan fingerprint density at radius 1 is 1.53 bits per heavy atom. The molecule has 0 aromatic heterocycles. The fourth-order valence-electron chi connectivity index (χ4n) is 1.44. The summed E-state index contributed by atoms with van der Waals surface area (Å²) in [6.45, 7) is -0.218. The van der Waals surface area contributed by atoms with Crippen LogP contribution in [0.5, 0.6) is 5.75 Å². The van der Waals surface area contributed by atoms with Crippen molar-refractivity contribution >= 4 is 5.91 Å². The number of rotatable bonds is 7. The van der Waals surface area contributed by atoms with Crippen LogP contribution in [0.25, 0.3) is 0 Å². The Bertz CT molecular complexity index is 456. The van der Waals surface area contributed by atoms with Crippen LogP contribution in [0.4, 0.5) is 0 Å². The monoisotopic (exact) mass is 264 g/mol. The number of carbonyl (C=O) groups excluding carboxylic acids is 1. The van der Waals surface area contributed by atoms with Gasteiger partial charge >= 0.3 is 0 Å². The highest BCUT2D eigenvalue weighted by Gasteiger charge is 2.12. The highest BCUT2D eigenvalue weighted by atomic mass is 16.5. The highest BCUT2D eigenvalue weighted by Crippen LogP contribution is 2.16. The maximum Gasteiger partial charge on any atom is 0.258 e. The molecule has 0 radical (unpaired) electrons. The number of benzene rings is 1. The molecule has 0 aliphatic rings. The summed E-state index contributed by atoms with van der Waals surface area (Å²) >= 11 is 0. The number of aliphatic hydroxyl groups is 1. The number of carbonyl (C=O) groups is 1. The summed E-state index contributed by atoms with van der Waals surface area (Å²) in [6.07, 6.45) is 0. The lowest BCUT2D eigenvalue weighted by molar-refractivity contribution is -0.124. The molecule has 1 unspecified atom stereocenters. The second-order valence-corrected chi connectivity index (χ2v) is 3.80. The number of hydrogen-bond acceptors (Lipinski definition) is 5. The summed E-state index contributed by atoms with van der Waals surface area (Å²) in [5, 5.41) is 20.4. The number of hydrogen-bond donors (Lipinski definition) is 2. The number of nitrogens with zero attached hydrogens (tertiary/aromatic N) is 1. The molecule has 6 nitrogen and oxygen atoms in total. The first kappa shape index (κ1) is 15.0. The summed E-state index contributed by atoms with van der Waals surface area (Å²) in [5.41, 5.74) is 0.367. The maximum atomic E-state index is 11.6. The molecule has 0 aliphatic carbocycles. The fourth-order valence-corrected chi connectivity index (χ4v) is 1.44. The molecule has 0 saturated heterocycles. The number of para-hydroxylation sites is 1. The van der Waals surface area contributed by atoms with E-state index in [-0.39, 0.29) is 25.7 Å². The van der Waals surface area contributed by atoms with E-state index in [9.17, 15) is 4.79 Å². The third kappa shape index (κ3) is 4.95. The first-order valence-corrected chi connectivity index (χ1v) is 5.72. The van der Waals surface area contributed by atoms with Gasteiger partial charge in [-0.1, -0.05) is 12.1 Å². The van der Waals surface area contributed by atoms with Crippen molar-refractivity contribution in [3.05, 3.63) is 29.8 Å². The Labute approximate surface area is 111 Å². The highest BCUT2D eigenvalue weighted by molar-refractivity contribution is 5.78. The van der Waals surface area contributed by atoms with Crippen LogP contribution in [-0.4, -0.2) is 44.0 Å². The largest absolute Gasteiger partial charge is 0.482 e. The molecule has 1 aromatic rings. The van der Waals surface area contributed by atoms with Gasteiger partial charge in [-0.05, 0) is 12.1 Å². The van der Waals surface area contributed by atoms with Crippen LogP contribution in [0.3, 0.4) is 0 Å². The minimum atomic E-state index is -0.465. The van der Waals surface area contributed by atoms with Crippen molar-refractivity contribution in [1.82, 2.24) is 5.32 Å². The minimum Gasteiger partial charge on any atom is -0.482 e. The van der Waals surface area contributed by atoms with Gasteiger partial charge in [0.1, 0.15) is 11.8 Å².